The molecule has 0 radical (unpaired) electrons. The zero-order chi connectivity index (χ0) is 31.5. The first-order valence-electron chi connectivity index (χ1n) is 16.3. The summed E-state index contributed by atoms with van der Waals surface area (Å²) in [6, 6.07) is 57.6. The van der Waals surface area contributed by atoms with Crippen LogP contribution in [0.25, 0.3) is 88.0 Å². The molecule has 0 saturated carbocycles. The van der Waals surface area contributed by atoms with E-state index in [9.17, 15) is 0 Å². The Labute approximate surface area is 274 Å². The molecule has 222 valence electrons. The van der Waals surface area contributed by atoms with Crippen LogP contribution >= 0.6 is 0 Å². The van der Waals surface area contributed by atoms with E-state index >= 15 is 0 Å². The fourth-order valence-corrected chi connectivity index (χ4v) is 7.20. The number of hydrogen-bond donors (Lipinski definition) is 0. The molecule has 1 aromatic heterocycles. The van der Waals surface area contributed by atoms with Crippen molar-refractivity contribution < 1.29 is 4.42 Å². The Morgan fingerprint density at radius 2 is 0.745 bits per heavy atom. The second-order valence-corrected chi connectivity index (χ2v) is 12.7. The van der Waals surface area contributed by atoms with Crippen LogP contribution in [-0.2, 0) is 0 Å². The third-order valence-electron chi connectivity index (χ3n) is 9.61. The highest BCUT2D eigenvalue weighted by Gasteiger charge is 2.18. The molecule has 0 N–H and O–H groups in total. The van der Waals surface area contributed by atoms with Crippen LogP contribution in [0.1, 0.15) is 11.1 Å². The summed E-state index contributed by atoms with van der Waals surface area (Å²) in [5.74, 6) is 0. The van der Waals surface area contributed by atoms with Gasteiger partial charge in [0.2, 0.25) is 0 Å². The van der Waals surface area contributed by atoms with Crippen molar-refractivity contribution in [2.45, 2.75) is 13.8 Å². The van der Waals surface area contributed by atoms with Crippen molar-refractivity contribution in [3.05, 3.63) is 169 Å². The number of hydrogen-bond acceptors (Lipinski definition) is 1. The maximum Gasteiger partial charge on any atom is 0.135 e. The van der Waals surface area contributed by atoms with Crippen LogP contribution in [0.3, 0.4) is 0 Å². The van der Waals surface area contributed by atoms with Crippen molar-refractivity contribution in [1.29, 1.82) is 0 Å². The molecule has 47 heavy (non-hydrogen) atoms. The van der Waals surface area contributed by atoms with Crippen LogP contribution in [0, 0.1) is 13.8 Å². The van der Waals surface area contributed by atoms with Crippen LogP contribution in [0.15, 0.2) is 162 Å². The zero-order valence-corrected chi connectivity index (χ0v) is 26.4. The summed E-state index contributed by atoms with van der Waals surface area (Å²) in [7, 11) is 0. The normalized spacial score (nSPS) is 11.6. The summed E-state index contributed by atoms with van der Waals surface area (Å²) >= 11 is 0. The van der Waals surface area contributed by atoms with Gasteiger partial charge in [-0.05, 0) is 110 Å². The van der Waals surface area contributed by atoms with Gasteiger partial charge in [0.05, 0.1) is 0 Å². The van der Waals surface area contributed by atoms with Gasteiger partial charge in [-0.25, -0.2) is 0 Å². The van der Waals surface area contributed by atoms with E-state index in [1.807, 2.05) is 12.1 Å². The summed E-state index contributed by atoms with van der Waals surface area (Å²) < 4.78 is 6.11. The summed E-state index contributed by atoms with van der Waals surface area (Å²) in [5, 5.41) is 7.36. The lowest BCUT2D eigenvalue weighted by atomic mass is 9.84. The van der Waals surface area contributed by atoms with E-state index in [1.165, 1.54) is 77.2 Å². The van der Waals surface area contributed by atoms with Crippen LogP contribution in [0.2, 0.25) is 0 Å². The average Bonchev–Trinajstić information content (AvgIpc) is 3.49. The molecule has 0 unspecified atom stereocenters. The van der Waals surface area contributed by atoms with Crippen molar-refractivity contribution in [2.24, 2.45) is 0 Å². The second-order valence-electron chi connectivity index (χ2n) is 12.7. The third-order valence-corrected chi connectivity index (χ3v) is 9.61. The Balaban J connectivity index is 1.27. The lowest BCUT2D eigenvalue weighted by Gasteiger charge is -2.19. The largest absolute Gasteiger partial charge is 0.456 e. The predicted molar refractivity (Wildman–Crippen MR) is 200 cm³/mol. The second kappa shape index (κ2) is 10.9. The molecule has 1 nitrogen and oxygen atoms in total. The predicted octanol–water partition coefficient (Wildman–Crippen LogP) is 13.2. The fourth-order valence-electron chi connectivity index (χ4n) is 7.20. The minimum Gasteiger partial charge on any atom is -0.456 e. The summed E-state index contributed by atoms with van der Waals surface area (Å²) in [5.41, 5.74) is 14.2. The molecule has 8 aromatic carbocycles. The van der Waals surface area contributed by atoms with Gasteiger partial charge in [-0.2, -0.15) is 0 Å². The topological polar surface area (TPSA) is 13.1 Å². The minimum atomic E-state index is 0.917. The first-order valence-corrected chi connectivity index (χ1v) is 16.3. The molecule has 1 heteroatoms. The standard InChI is InChI=1S/C46H32O/c1-29-14-18-31(19-15-29)45-38-11-3-4-12-39(38)46(32-20-16-30(2)17-21-32)42-28-35(22-24-40(42)45)33-8-7-9-34(26-33)36-23-25-44-41(27-36)37-10-5-6-13-43(37)47-44/h3-28H,1-2H3. The van der Waals surface area contributed by atoms with Crippen molar-refractivity contribution in [1.82, 2.24) is 0 Å². The first-order chi connectivity index (χ1) is 23.1. The van der Waals surface area contributed by atoms with Crippen molar-refractivity contribution in [2.75, 3.05) is 0 Å². The molecule has 0 spiro atoms. The summed E-state index contributed by atoms with van der Waals surface area (Å²) in [6.45, 7) is 4.30. The van der Waals surface area contributed by atoms with Crippen molar-refractivity contribution >= 4 is 43.5 Å². The number of aryl methyl sites for hydroxylation is 2. The Morgan fingerprint density at radius 1 is 0.298 bits per heavy atom. The van der Waals surface area contributed by atoms with E-state index in [1.54, 1.807) is 0 Å². The van der Waals surface area contributed by atoms with Crippen LogP contribution in [-0.4, -0.2) is 0 Å². The average molecular weight is 601 g/mol. The van der Waals surface area contributed by atoms with Crippen molar-refractivity contribution in [3.63, 3.8) is 0 Å². The van der Waals surface area contributed by atoms with E-state index in [2.05, 4.69) is 159 Å². The number of rotatable bonds is 4. The molecule has 0 amide bonds. The molecular weight excluding hydrogens is 569 g/mol. The Morgan fingerprint density at radius 3 is 1.38 bits per heavy atom. The molecule has 0 aliphatic carbocycles. The SMILES string of the molecule is Cc1ccc(-c2c3ccccc3c(-c3ccc(C)cc3)c3cc(-c4cccc(-c5ccc6oc7ccccc7c6c5)c4)ccc23)cc1. The fraction of sp³-hybridized carbons (Fsp3) is 0.0435. The van der Waals surface area contributed by atoms with E-state index in [0.717, 1.165) is 21.9 Å². The van der Waals surface area contributed by atoms with Crippen molar-refractivity contribution in [3.8, 4) is 44.5 Å². The van der Waals surface area contributed by atoms with Crippen LogP contribution in [0.5, 0.6) is 0 Å². The van der Waals surface area contributed by atoms with E-state index in [4.69, 9.17) is 4.42 Å². The third kappa shape index (κ3) is 4.63. The lowest BCUT2D eigenvalue weighted by molar-refractivity contribution is 0.669. The molecule has 1 heterocycles. The van der Waals surface area contributed by atoms with Gasteiger partial charge >= 0.3 is 0 Å². The maximum atomic E-state index is 6.11. The zero-order valence-electron chi connectivity index (χ0n) is 26.4. The Bertz CT molecular complexity index is 2620. The molecular formula is C46H32O. The van der Waals surface area contributed by atoms with Gasteiger partial charge in [0.15, 0.2) is 0 Å². The smallest absolute Gasteiger partial charge is 0.135 e. The maximum absolute atomic E-state index is 6.11. The van der Waals surface area contributed by atoms with Gasteiger partial charge in [-0.1, -0.05) is 139 Å². The lowest BCUT2D eigenvalue weighted by Crippen LogP contribution is -1.92. The van der Waals surface area contributed by atoms with E-state index in [0.29, 0.717) is 0 Å². The van der Waals surface area contributed by atoms with Gasteiger partial charge in [0.1, 0.15) is 11.2 Å². The molecule has 0 aliphatic rings. The molecule has 0 saturated heterocycles. The van der Waals surface area contributed by atoms with Gasteiger partial charge in [0.25, 0.3) is 0 Å². The van der Waals surface area contributed by atoms with Crippen LogP contribution < -0.4 is 0 Å². The molecule has 9 rings (SSSR count). The Kier molecular flexibility index (Phi) is 6.33. The molecule has 0 bridgehead atoms. The van der Waals surface area contributed by atoms with E-state index in [-0.39, 0.29) is 0 Å². The Hall–Kier alpha value is -5.92. The highest BCUT2D eigenvalue weighted by molar-refractivity contribution is 6.22. The first kappa shape index (κ1) is 27.4. The van der Waals surface area contributed by atoms with E-state index < -0.39 is 0 Å². The highest BCUT2D eigenvalue weighted by Crippen LogP contribution is 2.45. The van der Waals surface area contributed by atoms with Gasteiger partial charge in [-0.3, -0.25) is 0 Å². The number of furan rings is 1. The number of benzene rings is 8. The molecule has 0 atom stereocenters. The van der Waals surface area contributed by atoms with Gasteiger partial charge in [0, 0.05) is 10.8 Å². The minimum absolute atomic E-state index is 0.917. The van der Waals surface area contributed by atoms with Gasteiger partial charge < -0.3 is 4.42 Å². The quantitative estimate of drug-likeness (QED) is 0.183. The summed E-state index contributed by atoms with van der Waals surface area (Å²) in [4.78, 5) is 0. The monoisotopic (exact) mass is 600 g/mol. The number of para-hydroxylation sites is 1. The highest BCUT2D eigenvalue weighted by atomic mass is 16.3. The number of fused-ring (bicyclic) bond motifs is 5. The molecule has 9 aromatic rings. The molecule has 0 aliphatic heterocycles. The summed E-state index contributed by atoms with van der Waals surface area (Å²) in [6.07, 6.45) is 0. The van der Waals surface area contributed by atoms with Gasteiger partial charge in [-0.15, -0.1) is 0 Å². The van der Waals surface area contributed by atoms with Crippen LogP contribution in [0.4, 0.5) is 0 Å². The molecule has 0 fully saturated rings.